The van der Waals surface area contributed by atoms with Crippen molar-refractivity contribution in [1.29, 1.82) is 0 Å². The van der Waals surface area contributed by atoms with Gasteiger partial charge in [-0.15, -0.1) is 15.3 Å². The molecule has 2 unspecified atom stereocenters. The van der Waals surface area contributed by atoms with Crippen molar-refractivity contribution >= 4 is 72.3 Å². The van der Waals surface area contributed by atoms with Gasteiger partial charge in [0.05, 0.1) is 42.2 Å². The lowest BCUT2D eigenvalue weighted by molar-refractivity contribution is 0.122. The lowest BCUT2D eigenvalue weighted by Gasteiger charge is -2.30. The number of rotatable bonds is 14. The third-order valence-electron chi connectivity index (χ3n) is 9.30. The van der Waals surface area contributed by atoms with Crippen LogP contribution in [0.4, 0.5) is 38.5 Å². The molecule has 2 aromatic heterocycles. The van der Waals surface area contributed by atoms with Crippen LogP contribution in [0.1, 0.15) is 37.6 Å². The van der Waals surface area contributed by atoms with Crippen molar-refractivity contribution in [3.8, 4) is 28.6 Å². The molecular formula is C39H43FN10O8S3. The number of nitrogens with zero attached hydrogens (tertiary/aromatic N) is 6. The van der Waals surface area contributed by atoms with E-state index in [4.69, 9.17) is 13.1 Å². The van der Waals surface area contributed by atoms with E-state index < -0.39 is 43.8 Å². The van der Waals surface area contributed by atoms with Gasteiger partial charge < -0.3 is 23.1 Å². The Bertz CT molecular complexity index is 2780. The molecule has 0 radical (unpaired) electrons. The molecule has 4 aromatic carbocycles. The van der Waals surface area contributed by atoms with Gasteiger partial charge in [-0.1, -0.05) is 20.8 Å². The lowest BCUT2D eigenvalue weighted by atomic mass is 9.91. The minimum atomic E-state index is -3.45. The summed E-state index contributed by atoms with van der Waals surface area (Å²) in [6.45, 7) is 11.6. The van der Waals surface area contributed by atoms with Crippen LogP contribution in [0.5, 0.6) is 17.2 Å². The van der Waals surface area contributed by atoms with Gasteiger partial charge in [0.1, 0.15) is 17.2 Å². The van der Waals surface area contributed by atoms with Gasteiger partial charge in [-0.05, 0) is 85.6 Å². The number of aromatic hydroxyl groups is 1. The van der Waals surface area contributed by atoms with Gasteiger partial charge in [-0.2, -0.15) is 13.0 Å². The molecule has 1 aliphatic rings. The molecule has 61 heavy (non-hydrogen) atoms. The zero-order chi connectivity index (χ0) is 43.6. The van der Waals surface area contributed by atoms with E-state index in [1.807, 2.05) is 39.5 Å². The van der Waals surface area contributed by atoms with Gasteiger partial charge >= 0.3 is 22.5 Å². The third kappa shape index (κ3) is 10.4. The van der Waals surface area contributed by atoms with Crippen molar-refractivity contribution in [2.45, 2.75) is 40.0 Å². The Labute approximate surface area is 356 Å². The Balaban J connectivity index is 1.06. The number of ether oxygens (including phenoxy) is 1. The lowest BCUT2D eigenvalue weighted by Crippen LogP contribution is -2.36. The Hall–Kier alpha value is -6.10. The first-order valence-corrected chi connectivity index (χ1v) is 22.7. The van der Waals surface area contributed by atoms with Crippen molar-refractivity contribution < 1.29 is 39.4 Å². The Morgan fingerprint density at radius 3 is 2.28 bits per heavy atom. The second-order valence-corrected chi connectivity index (χ2v) is 18.5. The van der Waals surface area contributed by atoms with Crippen LogP contribution in [0.15, 0.2) is 83.0 Å². The van der Waals surface area contributed by atoms with Crippen LogP contribution in [0.25, 0.3) is 17.0 Å². The second-order valence-electron chi connectivity index (χ2n) is 15.1. The smallest absolute Gasteiger partial charge is 0.316 e. The minimum Gasteiger partial charge on any atom is -0.506 e. The van der Waals surface area contributed by atoms with Crippen molar-refractivity contribution in [2.24, 2.45) is 10.2 Å². The highest BCUT2D eigenvalue weighted by atomic mass is 32.2. The molecule has 7 rings (SSSR count). The SMILES string of the molecule is Cc1cc(O)c(NS(=O)Oc2cc(NS(=O)Oc3ccc(N=Nc4c(C(C)(C)C)[nH]n5nc(-c6ccc(NS(C)(=O)=O)cc6)nc45)c(F)c3)ccc2N2CCOCC2)cc1C. The third-order valence-corrected chi connectivity index (χ3v) is 11.4. The summed E-state index contributed by atoms with van der Waals surface area (Å²) in [7, 11) is -3.45. The number of phenolic OH excluding ortho intramolecular Hbond substituents is 1. The van der Waals surface area contributed by atoms with Gasteiger partial charge in [0, 0.05) is 41.9 Å². The van der Waals surface area contributed by atoms with E-state index >= 15 is 4.39 Å². The summed E-state index contributed by atoms with van der Waals surface area (Å²) in [5, 5.41) is 26.7. The number of fused-ring (bicyclic) bond motifs is 1. The predicted octanol–water partition coefficient (Wildman–Crippen LogP) is 7.25. The standard InChI is InChI=1S/C39H43FN10O8S3/c1-23-19-31(33(51)20-24(23)2)47-60(53)58-34-21-27(11-14-32(34)49-15-17-56-18-16-49)46-59(52)57-28-12-13-30(29(40)22-28)42-43-35-36(39(3,4)5)44-50-38(35)41-37(45-50)25-7-9-26(10-8-25)48-61(6,54)55/h7-14,19-22,44,46-48,51H,15-18H2,1-6H3. The topological polar surface area (TPSA) is 226 Å². The molecule has 0 aliphatic carbocycles. The van der Waals surface area contributed by atoms with E-state index in [-0.39, 0.29) is 34.3 Å². The quantitative estimate of drug-likeness (QED) is 0.0541. The maximum Gasteiger partial charge on any atom is 0.316 e. The van der Waals surface area contributed by atoms with Crippen LogP contribution in [0.3, 0.4) is 0 Å². The van der Waals surface area contributed by atoms with Crippen LogP contribution in [-0.2, 0) is 42.7 Å². The van der Waals surface area contributed by atoms with Crippen LogP contribution in [0, 0.1) is 19.7 Å². The number of aromatic amines is 1. The summed E-state index contributed by atoms with van der Waals surface area (Å²) >= 11 is -4.36. The normalized spacial score (nSPS) is 14.6. The van der Waals surface area contributed by atoms with Crippen molar-refractivity contribution in [3.63, 3.8) is 0 Å². The maximum atomic E-state index is 15.5. The molecule has 1 fully saturated rings. The molecule has 1 aliphatic heterocycles. The van der Waals surface area contributed by atoms with Crippen molar-refractivity contribution in [2.75, 3.05) is 51.6 Å². The van der Waals surface area contributed by atoms with Crippen molar-refractivity contribution in [1.82, 2.24) is 19.8 Å². The first-order valence-electron chi connectivity index (χ1n) is 18.7. The average molecular weight is 895 g/mol. The fourth-order valence-corrected chi connectivity index (χ4v) is 8.05. The molecule has 5 N–H and O–H groups in total. The van der Waals surface area contributed by atoms with Crippen LogP contribution in [0.2, 0.25) is 0 Å². The summed E-state index contributed by atoms with van der Waals surface area (Å²) < 4.78 is 91.1. The zero-order valence-electron chi connectivity index (χ0n) is 33.8. The Morgan fingerprint density at radius 1 is 0.902 bits per heavy atom. The van der Waals surface area contributed by atoms with E-state index in [1.165, 1.54) is 22.8 Å². The summed E-state index contributed by atoms with van der Waals surface area (Å²) in [4.78, 5) is 6.64. The molecule has 0 spiro atoms. The number of phenols is 1. The first kappa shape index (κ1) is 43.0. The molecule has 18 nitrogen and oxygen atoms in total. The van der Waals surface area contributed by atoms with Crippen LogP contribution in [-0.4, -0.2) is 74.3 Å². The highest BCUT2D eigenvalue weighted by Crippen LogP contribution is 2.37. The summed E-state index contributed by atoms with van der Waals surface area (Å²) in [6, 6.07) is 18.4. The van der Waals surface area contributed by atoms with Gasteiger partial charge in [0.25, 0.3) is 0 Å². The molecule has 322 valence electrons. The molecule has 3 heterocycles. The van der Waals surface area contributed by atoms with Crippen LogP contribution < -0.4 is 27.4 Å². The number of sulfonamides is 1. The molecular weight excluding hydrogens is 852 g/mol. The number of aromatic nitrogens is 4. The highest BCUT2D eigenvalue weighted by molar-refractivity contribution is 7.92. The molecule has 6 aromatic rings. The molecule has 0 amide bonds. The van der Waals surface area contributed by atoms with Gasteiger partial charge in [0.15, 0.2) is 23.1 Å². The number of halogens is 1. The monoisotopic (exact) mass is 894 g/mol. The zero-order valence-corrected chi connectivity index (χ0v) is 36.3. The number of morpholine rings is 1. The van der Waals surface area contributed by atoms with Gasteiger partial charge in [-0.25, -0.2) is 17.8 Å². The molecule has 2 atom stereocenters. The number of anilines is 4. The molecule has 0 bridgehead atoms. The number of hydrogen-bond acceptors (Lipinski definition) is 13. The minimum absolute atomic E-state index is 0.0681. The number of hydrogen-bond donors (Lipinski definition) is 5. The number of nitrogens with one attached hydrogen (secondary N) is 4. The van der Waals surface area contributed by atoms with E-state index in [9.17, 15) is 21.9 Å². The predicted molar refractivity (Wildman–Crippen MR) is 232 cm³/mol. The fraction of sp³-hybridized carbons (Fsp3) is 0.282. The first-order chi connectivity index (χ1) is 28.9. The van der Waals surface area contributed by atoms with E-state index in [2.05, 4.69) is 39.6 Å². The Kier molecular flexibility index (Phi) is 12.3. The van der Waals surface area contributed by atoms with Crippen molar-refractivity contribution in [3.05, 3.63) is 95.4 Å². The highest BCUT2D eigenvalue weighted by Gasteiger charge is 2.26. The van der Waals surface area contributed by atoms with Crippen LogP contribution >= 0.6 is 0 Å². The summed E-state index contributed by atoms with van der Waals surface area (Å²) in [5.41, 5.74) is 4.58. The summed E-state index contributed by atoms with van der Waals surface area (Å²) in [5.74, 6) is -0.436. The van der Waals surface area contributed by atoms with E-state index in [0.717, 1.165) is 23.4 Å². The molecule has 22 heteroatoms. The van der Waals surface area contributed by atoms with Gasteiger partial charge in [0.2, 0.25) is 15.7 Å². The Morgan fingerprint density at radius 2 is 1.59 bits per heavy atom. The largest absolute Gasteiger partial charge is 0.506 e. The number of aryl methyl sites for hydroxylation is 2. The number of benzene rings is 4. The second kappa shape index (κ2) is 17.5. The van der Waals surface area contributed by atoms with Gasteiger partial charge in [-0.3, -0.25) is 19.3 Å². The molecule has 1 saturated heterocycles. The fourth-order valence-electron chi connectivity index (χ4n) is 6.17. The van der Waals surface area contributed by atoms with E-state index in [1.54, 1.807) is 48.5 Å². The molecule has 0 saturated carbocycles. The number of azo groups is 1. The van der Waals surface area contributed by atoms with E-state index in [0.29, 0.717) is 66.1 Å². The summed E-state index contributed by atoms with van der Waals surface area (Å²) in [6.07, 6.45) is 1.06. The average Bonchev–Trinajstić information content (AvgIpc) is 3.76. The maximum absolute atomic E-state index is 15.5. The number of H-pyrrole nitrogens is 1.